The molecule has 0 radical (unpaired) electrons. The molecule has 0 nitrogen and oxygen atoms in total. The molecule has 1 atom stereocenters. The van der Waals surface area contributed by atoms with E-state index in [-0.39, 0.29) is 28.4 Å². The van der Waals surface area contributed by atoms with Crippen LogP contribution in [0, 0.1) is 0 Å². The average Bonchev–Trinajstić information content (AvgIpc) is 2.50. The number of fused-ring (bicyclic) bond motifs is 1. The quantitative estimate of drug-likeness (QED) is 0.611. The first-order chi connectivity index (χ1) is 5.92. The van der Waals surface area contributed by atoms with Gasteiger partial charge >= 0.3 is 18.9 Å². The van der Waals surface area contributed by atoms with Gasteiger partial charge in [-0.25, -0.2) is 0 Å². The molecule has 0 aliphatic heterocycles. The number of allylic oxidation sites excluding steroid dienone is 1. The van der Waals surface area contributed by atoms with Gasteiger partial charge in [-0.05, 0) is 16.7 Å². The summed E-state index contributed by atoms with van der Waals surface area (Å²) in [4.78, 5) is 0. The van der Waals surface area contributed by atoms with Gasteiger partial charge in [0.1, 0.15) is 0 Å². The molecule has 0 saturated carbocycles. The van der Waals surface area contributed by atoms with Crippen LogP contribution in [0.3, 0.4) is 0 Å². The van der Waals surface area contributed by atoms with Crippen LogP contribution in [0.4, 0.5) is 0 Å². The minimum atomic E-state index is 0. The van der Waals surface area contributed by atoms with Gasteiger partial charge < -0.3 is 0 Å². The number of rotatable bonds is 2. The standard InChI is InChI=1S/C11H14Si.Li.H/c1-2-12-11-8-7-9-5-3-4-6-10(9)11;;/h3-8,11H,2,12H2,1H3;;. The molecular formula is C11H15LiSi. The first-order valence-electron chi connectivity index (χ1n) is 4.69. The summed E-state index contributed by atoms with van der Waals surface area (Å²) in [5, 5.41) is 0. The monoisotopic (exact) mass is 182 g/mol. The van der Waals surface area contributed by atoms with E-state index < -0.39 is 0 Å². The molecular weight excluding hydrogens is 167 g/mol. The third-order valence-corrected chi connectivity index (χ3v) is 4.41. The zero-order valence-corrected chi connectivity index (χ0v) is 8.87. The van der Waals surface area contributed by atoms with Gasteiger partial charge in [0.15, 0.2) is 0 Å². The van der Waals surface area contributed by atoms with Gasteiger partial charge in [-0.1, -0.05) is 49.4 Å². The van der Waals surface area contributed by atoms with Gasteiger partial charge in [0, 0.05) is 9.52 Å². The van der Waals surface area contributed by atoms with Crippen LogP contribution in [0.5, 0.6) is 0 Å². The maximum absolute atomic E-state index is 2.39. The van der Waals surface area contributed by atoms with Gasteiger partial charge in [0.2, 0.25) is 0 Å². The molecule has 2 rings (SSSR count). The molecule has 13 heavy (non-hydrogen) atoms. The maximum atomic E-state index is 2.39. The molecule has 0 amide bonds. The van der Waals surface area contributed by atoms with Crippen molar-refractivity contribution >= 4 is 34.5 Å². The SMILES string of the molecule is CC[SiH2]C1C=Cc2ccccc21.[LiH]. The molecule has 0 aromatic heterocycles. The van der Waals surface area contributed by atoms with Gasteiger partial charge in [-0.15, -0.1) is 0 Å². The fraction of sp³-hybridized carbons (Fsp3) is 0.273. The normalized spacial score (nSPS) is 19.0. The molecule has 1 aromatic carbocycles. The molecule has 0 heterocycles. The molecule has 0 spiro atoms. The number of hydrogen-bond acceptors (Lipinski definition) is 0. The Morgan fingerprint density at radius 3 is 2.85 bits per heavy atom. The van der Waals surface area contributed by atoms with Crippen LogP contribution in [-0.2, 0) is 0 Å². The predicted molar refractivity (Wildman–Crippen MR) is 64.4 cm³/mol. The first kappa shape index (κ1) is 10.9. The average molecular weight is 182 g/mol. The summed E-state index contributed by atoms with van der Waals surface area (Å²) >= 11 is 0. The van der Waals surface area contributed by atoms with E-state index >= 15 is 0 Å². The van der Waals surface area contributed by atoms with E-state index in [1.54, 1.807) is 5.56 Å². The zero-order chi connectivity index (χ0) is 8.39. The van der Waals surface area contributed by atoms with Crippen molar-refractivity contribution in [3.63, 3.8) is 0 Å². The summed E-state index contributed by atoms with van der Waals surface area (Å²) in [7, 11) is 0.103. The Kier molecular flexibility index (Phi) is 4.06. The van der Waals surface area contributed by atoms with Gasteiger partial charge in [0.25, 0.3) is 0 Å². The second-order valence-electron chi connectivity index (χ2n) is 3.38. The Morgan fingerprint density at radius 1 is 1.31 bits per heavy atom. The van der Waals surface area contributed by atoms with E-state index in [9.17, 15) is 0 Å². The van der Waals surface area contributed by atoms with Crippen molar-refractivity contribution in [1.82, 2.24) is 0 Å². The molecule has 0 fully saturated rings. The summed E-state index contributed by atoms with van der Waals surface area (Å²) in [5.41, 5.74) is 3.85. The molecule has 1 aliphatic rings. The van der Waals surface area contributed by atoms with Crippen molar-refractivity contribution < 1.29 is 0 Å². The molecule has 1 aliphatic carbocycles. The Morgan fingerprint density at radius 2 is 2.08 bits per heavy atom. The summed E-state index contributed by atoms with van der Waals surface area (Å²) < 4.78 is 0. The third kappa shape index (κ3) is 2.17. The molecule has 0 N–H and O–H groups in total. The molecule has 0 saturated heterocycles. The van der Waals surface area contributed by atoms with E-state index in [1.165, 1.54) is 11.6 Å². The van der Waals surface area contributed by atoms with Gasteiger partial charge in [-0.3, -0.25) is 0 Å². The van der Waals surface area contributed by atoms with Crippen molar-refractivity contribution in [3.8, 4) is 0 Å². The Balaban J connectivity index is 0.000000845. The third-order valence-electron chi connectivity index (χ3n) is 2.50. The first-order valence-corrected chi connectivity index (χ1v) is 6.50. The van der Waals surface area contributed by atoms with Crippen LogP contribution in [-0.4, -0.2) is 28.4 Å². The zero-order valence-electron chi connectivity index (χ0n) is 7.46. The van der Waals surface area contributed by atoms with Crippen molar-refractivity contribution in [3.05, 3.63) is 41.5 Å². The predicted octanol–water partition coefficient (Wildman–Crippen LogP) is 1.71. The van der Waals surface area contributed by atoms with E-state index in [1.807, 2.05) is 0 Å². The summed E-state index contributed by atoms with van der Waals surface area (Å²) in [6.45, 7) is 2.31. The van der Waals surface area contributed by atoms with E-state index in [2.05, 4.69) is 43.3 Å². The van der Waals surface area contributed by atoms with E-state index in [0.717, 1.165) is 5.54 Å². The summed E-state index contributed by atoms with van der Waals surface area (Å²) in [6.07, 6.45) is 4.67. The van der Waals surface area contributed by atoms with E-state index in [0.29, 0.717) is 0 Å². The molecule has 64 valence electrons. The van der Waals surface area contributed by atoms with Crippen LogP contribution in [0.15, 0.2) is 30.3 Å². The fourth-order valence-electron chi connectivity index (χ4n) is 1.89. The fourth-order valence-corrected chi connectivity index (χ4v) is 3.52. The second-order valence-corrected chi connectivity index (χ2v) is 5.84. The van der Waals surface area contributed by atoms with Crippen molar-refractivity contribution in [2.75, 3.05) is 0 Å². The van der Waals surface area contributed by atoms with Crippen molar-refractivity contribution in [1.29, 1.82) is 0 Å². The van der Waals surface area contributed by atoms with Crippen molar-refractivity contribution in [2.45, 2.75) is 18.5 Å². The topological polar surface area (TPSA) is 0 Å². The van der Waals surface area contributed by atoms with Gasteiger partial charge in [0.05, 0.1) is 0 Å². The Bertz CT molecular complexity index is 307. The Hall–Kier alpha value is -0.226. The van der Waals surface area contributed by atoms with Gasteiger partial charge in [-0.2, -0.15) is 0 Å². The summed E-state index contributed by atoms with van der Waals surface area (Å²) in [5.74, 6) is 0. The second kappa shape index (κ2) is 4.86. The molecule has 1 unspecified atom stereocenters. The van der Waals surface area contributed by atoms with Crippen LogP contribution in [0.25, 0.3) is 6.08 Å². The molecule has 1 aromatic rings. The van der Waals surface area contributed by atoms with Crippen molar-refractivity contribution in [2.24, 2.45) is 0 Å². The van der Waals surface area contributed by atoms with E-state index in [4.69, 9.17) is 0 Å². The Labute approximate surface area is 94.4 Å². The van der Waals surface area contributed by atoms with Crippen LogP contribution in [0.2, 0.25) is 6.04 Å². The minimum absolute atomic E-state index is 0. The van der Waals surface area contributed by atoms with Crippen LogP contribution >= 0.6 is 0 Å². The van der Waals surface area contributed by atoms with Crippen LogP contribution in [0.1, 0.15) is 23.6 Å². The molecule has 0 bridgehead atoms. The molecule has 2 heteroatoms. The number of benzene rings is 1. The summed E-state index contributed by atoms with van der Waals surface area (Å²) in [6, 6.07) is 10.2. The van der Waals surface area contributed by atoms with Crippen LogP contribution < -0.4 is 0 Å². The number of hydrogen-bond donors (Lipinski definition) is 0.